The van der Waals surface area contributed by atoms with Gasteiger partial charge in [-0.05, 0) is 49.2 Å². The Morgan fingerprint density at radius 1 is 1.07 bits per heavy atom. The lowest BCUT2D eigenvalue weighted by Gasteiger charge is -2.44. The monoisotopic (exact) mass is 409 g/mol. The molecule has 0 radical (unpaired) electrons. The van der Waals surface area contributed by atoms with Crippen LogP contribution < -0.4 is 0 Å². The van der Waals surface area contributed by atoms with Crippen molar-refractivity contribution in [2.45, 2.75) is 30.5 Å². The standard InChI is InChI=1S/C23H24ClN3O2/c24-20-8-1-5-17(13-20)22(27-12-4-9-21(27)16-28)23(29,18-6-2-10-25-14-18)19-7-3-11-26-15-19/h1-3,5-8,10-11,13-15,21-22,28-29H,4,9,12,16H2/t21-,22?/m0/s1. The van der Waals surface area contributed by atoms with Crippen LogP contribution in [0.3, 0.4) is 0 Å². The molecule has 1 aliphatic rings. The number of hydrogen-bond acceptors (Lipinski definition) is 5. The van der Waals surface area contributed by atoms with E-state index in [0.29, 0.717) is 16.1 Å². The van der Waals surface area contributed by atoms with Crippen molar-refractivity contribution in [2.75, 3.05) is 13.2 Å². The Morgan fingerprint density at radius 3 is 2.31 bits per heavy atom. The fourth-order valence-electron chi connectivity index (χ4n) is 4.40. The van der Waals surface area contributed by atoms with Gasteiger partial charge in [-0.1, -0.05) is 35.9 Å². The van der Waals surface area contributed by atoms with Crippen LogP contribution in [0.25, 0.3) is 0 Å². The van der Waals surface area contributed by atoms with Crippen LogP contribution in [-0.4, -0.2) is 44.3 Å². The summed E-state index contributed by atoms with van der Waals surface area (Å²) in [6.45, 7) is 0.804. The third-order valence-corrected chi connectivity index (χ3v) is 5.96. The average Bonchev–Trinajstić information content (AvgIpc) is 3.23. The van der Waals surface area contributed by atoms with Gasteiger partial charge in [-0.25, -0.2) is 0 Å². The molecule has 6 heteroatoms. The molecule has 29 heavy (non-hydrogen) atoms. The summed E-state index contributed by atoms with van der Waals surface area (Å²) in [7, 11) is 0. The molecule has 2 aromatic heterocycles. The molecular formula is C23H24ClN3O2. The Hall–Kier alpha value is -2.31. The normalized spacial score (nSPS) is 18.7. The Balaban J connectivity index is 1.96. The van der Waals surface area contributed by atoms with Gasteiger partial charge in [0, 0.05) is 47.0 Å². The Labute approximate surface area is 175 Å². The highest BCUT2D eigenvalue weighted by molar-refractivity contribution is 6.30. The maximum atomic E-state index is 12.4. The first kappa shape index (κ1) is 20.0. The minimum atomic E-state index is -1.43. The van der Waals surface area contributed by atoms with E-state index < -0.39 is 11.6 Å². The fourth-order valence-corrected chi connectivity index (χ4v) is 4.60. The van der Waals surface area contributed by atoms with Gasteiger partial charge in [-0.3, -0.25) is 14.9 Å². The Bertz CT molecular complexity index is 900. The highest BCUT2D eigenvalue weighted by Crippen LogP contribution is 2.46. The number of pyridine rings is 2. The summed E-state index contributed by atoms with van der Waals surface area (Å²) < 4.78 is 0. The molecule has 1 aliphatic heterocycles. The quantitative estimate of drug-likeness (QED) is 0.651. The number of aliphatic hydroxyl groups is 2. The molecule has 1 aromatic carbocycles. The highest BCUT2D eigenvalue weighted by atomic mass is 35.5. The first-order chi connectivity index (χ1) is 14.1. The van der Waals surface area contributed by atoms with Gasteiger partial charge in [0.25, 0.3) is 0 Å². The van der Waals surface area contributed by atoms with Gasteiger partial charge in [0.1, 0.15) is 5.60 Å². The summed E-state index contributed by atoms with van der Waals surface area (Å²) in [6.07, 6.45) is 8.59. The number of nitrogens with zero attached hydrogens (tertiary/aromatic N) is 3. The molecule has 3 aromatic rings. The molecule has 5 nitrogen and oxygen atoms in total. The second-order valence-corrected chi connectivity index (χ2v) is 7.86. The number of benzene rings is 1. The predicted molar refractivity (Wildman–Crippen MR) is 112 cm³/mol. The zero-order valence-corrected chi connectivity index (χ0v) is 16.8. The van der Waals surface area contributed by atoms with Crippen LogP contribution in [0.1, 0.15) is 35.6 Å². The van der Waals surface area contributed by atoms with Gasteiger partial charge in [0.2, 0.25) is 0 Å². The van der Waals surface area contributed by atoms with E-state index in [0.717, 1.165) is 24.9 Å². The van der Waals surface area contributed by atoms with Gasteiger partial charge < -0.3 is 10.2 Å². The van der Waals surface area contributed by atoms with Crippen molar-refractivity contribution in [1.82, 2.24) is 14.9 Å². The largest absolute Gasteiger partial charge is 0.395 e. The van der Waals surface area contributed by atoms with Crippen molar-refractivity contribution < 1.29 is 10.2 Å². The van der Waals surface area contributed by atoms with Crippen LogP contribution in [-0.2, 0) is 5.60 Å². The summed E-state index contributed by atoms with van der Waals surface area (Å²) in [5, 5.41) is 23.0. The Kier molecular flexibility index (Phi) is 5.92. The third kappa shape index (κ3) is 3.79. The minimum absolute atomic E-state index is 0.0349. The predicted octanol–water partition coefficient (Wildman–Crippen LogP) is 3.56. The molecule has 1 fully saturated rings. The van der Waals surface area contributed by atoms with Gasteiger partial charge in [0.15, 0.2) is 0 Å². The molecule has 0 saturated carbocycles. The van der Waals surface area contributed by atoms with E-state index in [9.17, 15) is 10.2 Å². The van der Waals surface area contributed by atoms with E-state index in [2.05, 4.69) is 14.9 Å². The van der Waals surface area contributed by atoms with Crippen molar-refractivity contribution in [3.8, 4) is 0 Å². The smallest absolute Gasteiger partial charge is 0.137 e. The second kappa shape index (κ2) is 8.59. The molecule has 0 aliphatic carbocycles. The number of likely N-dealkylation sites (tertiary alicyclic amines) is 1. The van der Waals surface area contributed by atoms with Crippen LogP contribution in [0.4, 0.5) is 0 Å². The summed E-state index contributed by atoms with van der Waals surface area (Å²) in [5.41, 5.74) is 0.793. The second-order valence-electron chi connectivity index (χ2n) is 7.42. The lowest BCUT2D eigenvalue weighted by Crippen LogP contribution is -2.48. The molecule has 1 saturated heterocycles. The van der Waals surface area contributed by atoms with Gasteiger partial charge >= 0.3 is 0 Å². The maximum absolute atomic E-state index is 12.4. The van der Waals surface area contributed by atoms with E-state index >= 15 is 0 Å². The van der Waals surface area contributed by atoms with Crippen molar-refractivity contribution in [3.05, 3.63) is 95.0 Å². The lowest BCUT2D eigenvalue weighted by atomic mass is 9.77. The molecule has 150 valence electrons. The fraction of sp³-hybridized carbons (Fsp3) is 0.304. The number of hydrogen-bond donors (Lipinski definition) is 2. The first-order valence-electron chi connectivity index (χ1n) is 9.80. The summed E-state index contributed by atoms with van der Waals surface area (Å²) in [4.78, 5) is 10.7. The molecule has 3 heterocycles. The molecule has 0 bridgehead atoms. The zero-order valence-electron chi connectivity index (χ0n) is 16.0. The third-order valence-electron chi connectivity index (χ3n) is 5.73. The van der Waals surface area contributed by atoms with Gasteiger partial charge in [-0.2, -0.15) is 0 Å². The molecule has 4 rings (SSSR count). The molecule has 0 amide bonds. The molecule has 1 unspecified atom stereocenters. The van der Waals surface area contributed by atoms with Crippen LogP contribution in [0.5, 0.6) is 0 Å². The van der Waals surface area contributed by atoms with E-state index in [1.807, 2.05) is 48.5 Å². The van der Waals surface area contributed by atoms with Crippen molar-refractivity contribution in [3.63, 3.8) is 0 Å². The summed E-state index contributed by atoms with van der Waals surface area (Å²) >= 11 is 6.33. The van der Waals surface area contributed by atoms with Crippen molar-refractivity contribution >= 4 is 11.6 Å². The number of aromatic nitrogens is 2. The average molecular weight is 410 g/mol. The summed E-state index contributed by atoms with van der Waals surface area (Å²) in [5.74, 6) is 0. The van der Waals surface area contributed by atoms with E-state index in [4.69, 9.17) is 11.6 Å². The molecule has 2 atom stereocenters. The first-order valence-corrected chi connectivity index (χ1v) is 10.2. The lowest BCUT2D eigenvalue weighted by molar-refractivity contribution is -0.0360. The molecular weight excluding hydrogens is 386 g/mol. The molecule has 2 N–H and O–H groups in total. The van der Waals surface area contributed by atoms with E-state index in [-0.39, 0.29) is 12.6 Å². The number of rotatable bonds is 6. The minimum Gasteiger partial charge on any atom is -0.395 e. The van der Waals surface area contributed by atoms with Crippen LogP contribution in [0.15, 0.2) is 73.3 Å². The zero-order chi connectivity index (χ0) is 20.3. The number of halogens is 1. The highest BCUT2D eigenvalue weighted by Gasteiger charge is 2.47. The van der Waals surface area contributed by atoms with Crippen molar-refractivity contribution in [2.24, 2.45) is 0 Å². The van der Waals surface area contributed by atoms with Crippen LogP contribution >= 0.6 is 11.6 Å². The van der Waals surface area contributed by atoms with Gasteiger partial charge in [-0.15, -0.1) is 0 Å². The number of aliphatic hydroxyl groups excluding tert-OH is 1. The Morgan fingerprint density at radius 2 is 1.76 bits per heavy atom. The van der Waals surface area contributed by atoms with Crippen LogP contribution in [0.2, 0.25) is 5.02 Å². The molecule has 0 spiro atoms. The van der Waals surface area contributed by atoms with E-state index in [1.54, 1.807) is 24.8 Å². The topological polar surface area (TPSA) is 69.5 Å². The summed E-state index contributed by atoms with van der Waals surface area (Å²) in [6, 6.07) is 14.5. The van der Waals surface area contributed by atoms with Crippen molar-refractivity contribution in [1.29, 1.82) is 0 Å². The maximum Gasteiger partial charge on any atom is 0.137 e. The SMILES string of the molecule is OC[C@@H]1CCCN1C(c1cccc(Cl)c1)C(O)(c1cccnc1)c1cccnc1. The van der Waals surface area contributed by atoms with E-state index in [1.165, 1.54) is 0 Å². The van der Waals surface area contributed by atoms with Crippen LogP contribution in [0, 0.1) is 0 Å². The van der Waals surface area contributed by atoms with Gasteiger partial charge in [0.05, 0.1) is 12.6 Å².